The van der Waals surface area contributed by atoms with E-state index in [0.29, 0.717) is 17.7 Å². The van der Waals surface area contributed by atoms with Crippen LogP contribution in [0.25, 0.3) is 16.7 Å². The van der Waals surface area contributed by atoms with Gasteiger partial charge in [-0.1, -0.05) is 54.2 Å². The fraction of sp³-hybridized carbons (Fsp3) is 0.286. The van der Waals surface area contributed by atoms with Crippen LogP contribution in [0.3, 0.4) is 0 Å². The second-order valence-electron chi connectivity index (χ2n) is 6.96. The molecular weight excluding hydrogens is 372 g/mol. The molecule has 1 atom stereocenters. The van der Waals surface area contributed by atoms with Gasteiger partial charge in [-0.3, -0.25) is 13.8 Å². The Morgan fingerprint density at radius 1 is 1.07 bits per heavy atom. The Labute approximate surface area is 166 Å². The topological polar surface area (TPSA) is 61.4 Å². The molecule has 0 aliphatic carbocycles. The molecule has 3 heterocycles. The molecule has 0 bridgehead atoms. The van der Waals surface area contributed by atoms with E-state index in [4.69, 9.17) is 4.74 Å². The molecule has 0 saturated carbocycles. The number of rotatable bonds is 5. The lowest BCUT2D eigenvalue weighted by Gasteiger charge is -2.12. The van der Waals surface area contributed by atoms with E-state index in [0.717, 1.165) is 41.4 Å². The third kappa shape index (κ3) is 3.10. The van der Waals surface area contributed by atoms with Crippen molar-refractivity contribution in [2.24, 2.45) is 0 Å². The van der Waals surface area contributed by atoms with Gasteiger partial charge in [0, 0.05) is 12.4 Å². The van der Waals surface area contributed by atoms with E-state index in [1.807, 2.05) is 59.0 Å². The molecular formula is C21H20N4O2S. The Hall–Kier alpha value is -2.64. The maximum atomic E-state index is 13.2. The maximum Gasteiger partial charge on any atom is 0.263 e. The van der Waals surface area contributed by atoms with E-state index in [1.165, 1.54) is 0 Å². The minimum Gasteiger partial charge on any atom is -0.377 e. The van der Waals surface area contributed by atoms with Gasteiger partial charge in [0.1, 0.15) is 0 Å². The first-order valence-electron chi connectivity index (χ1n) is 9.46. The minimum absolute atomic E-state index is 0.0463. The first-order chi connectivity index (χ1) is 13.8. The second kappa shape index (κ2) is 7.41. The third-order valence-corrected chi connectivity index (χ3v) is 6.14. The van der Waals surface area contributed by atoms with Gasteiger partial charge in [0.2, 0.25) is 5.78 Å². The SMILES string of the molecule is O=c1c2ccccc2n2c(SCC3CCCO3)nnc2n1Cc1ccccc1. The number of hydrogen-bond acceptors (Lipinski definition) is 5. The van der Waals surface area contributed by atoms with E-state index in [1.54, 1.807) is 16.3 Å². The predicted octanol–water partition coefficient (Wildman–Crippen LogP) is 3.36. The van der Waals surface area contributed by atoms with Gasteiger partial charge >= 0.3 is 0 Å². The van der Waals surface area contributed by atoms with Crippen LogP contribution < -0.4 is 5.56 Å². The summed E-state index contributed by atoms with van der Waals surface area (Å²) in [4.78, 5) is 13.2. The normalized spacial score (nSPS) is 16.9. The van der Waals surface area contributed by atoms with Gasteiger partial charge in [-0.25, -0.2) is 0 Å². The van der Waals surface area contributed by atoms with Crippen LogP contribution in [0.2, 0.25) is 0 Å². The van der Waals surface area contributed by atoms with Crippen LogP contribution in [0.1, 0.15) is 18.4 Å². The molecule has 0 radical (unpaired) electrons. The molecule has 1 aliphatic rings. The Kier molecular flexibility index (Phi) is 4.62. The van der Waals surface area contributed by atoms with E-state index in [-0.39, 0.29) is 11.7 Å². The third-order valence-electron chi connectivity index (χ3n) is 5.08. The van der Waals surface area contributed by atoms with Gasteiger partial charge in [0.25, 0.3) is 5.56 Å². The Morgan fingerprint density at radius 3 is 2.71 bits per heavy atom. The van der Waals surface area contributed by atoms with Crippen molar-refractivity contribution in [1.82, 2.24) is 19.2 Å². The molecule has 28 heavy (non-hydrogen) atoms. The molecule has 0 N–H and O–H groups in total. The highest BCUT2D eigenvalue weighted by Gasteiger charge is 2.20. The van der Waals surface area contributed by atoms with Crippen molar-refractivity contribution in [1.29, 1.82) is 0 Å². The number of hydrogen-bond donors (Lipinski definition) is 0. The summed E-state index contributed by atoms with van der Waals surface area (Å²) in [5.41, 5.74) is 1.85. The zero-order valence-electron chi connectivity index (χ0n) is 15.3. The minimum atomic E-state index is -0.0463. The number of benzene rings is 2. The van der Waals surface area contributed by atoms with E-state index < -0.39 is 0 Å². The van der Waals surface area contributed by atoms with Gasteiger partial charge in [0.05, 0.1) is 23.6 Å². The average Bonchev–Trinajstić information content (AvgIpc) is 3.40. The van der Waals surface area contributed by atoms with Crippen molar-refractivity contribution in [3.8, 4) is 0 Å². The molecule has 142 valence electrons. The number of aromatic nitrogens is 4. The molecule has 1 fully saturated rings. The smallest absolute Gasteiger partial charge is 0.263 e. The van der Waals surface area contributed by atoms with Crippen molar-refractivity contribution in [3.05, 3.63) is 70.5 Å². The summed E-state index contributed by atoms with van der Waals surface area (Å²) >= 11 is 1.64. The molecule has 4 aromatic rings. The molecule has 2 aromatic heterocycles. The lowest BCUT2D eigenvalue weighted by Crippen LogP contribution is -2.24. The quantitative estimate of drug-likeness (QED) is 0.488. The highest BCUT2D eigenvalue weighted by atomic mass is 32.2. The summed E-state index contributed by atoms with van der Waals surface area (Å²) in [6.45, 7) is 1.30. The Balaban J connectivity index is 1.64. The van der Waals surface area contributed by atoms with Gasteiger partial charge in [-0.15, -0.1) is 10.2 Å². The van der Waals surface area contributed by atoms with E-state index in [9.17, 15) is 4.79 Å². The predicted molar refractivity (Wildman–Crippen MR) is 110 cm³/mol. The number of fused-ring (bicyclic) bond motifs is 3. The molecule has 1 aliphatic heterocycles. The second-order valence-corrected chi connectivity index (χ2v) is 7.95. The van der Waals surface area contributed by atoms with Crippen LogP contribution in [0.5, 0.6) is 0 Å². The summed E-state index contributed by atoms with van der Waals surface area (Å²) < 4.78 is 9.45. The first kappa shape index (κ1) is 17.5. The van der Waals surface area contributed by atoms with Gasteiger partial charge in [-0.2, -0.15) is 0 Å². The van der Waals surface area contributed by atoms with Crippen molar-refractivity contribution in [2.75, 3.05) is 12.4 Å². The lowest BCUT2D eigenvalue weighted by molar-refractivity contribution is 0.129. The van der Waals surface area contributed by atoms with Crippen LogP contribution in [-0.2, 0) is 11.3 Å². The largest absolute Gasteiger partial charge is 0.377 e. The fourth-order valence-electron chi connectivity index (χ4n) is 3.68. The Bertz CT molecular complexity index is 1180. The number of para-hydroxylation sites is 1. The number of nitrogens with zero attached hydrogens (tertiary/aromatic N) is 4. The van der Waals surface area contributed by atoms with Crippen LogP contribution in [0.4, 0.5) is 0 Å². The molecule has 2 aromatic carbocycles. The molecule has 6 nitrogen and oxygen atoms in total. The van der Waals surface area contributed by atoms with E-state index in [2.05, 4.69) is 10.2 Å². The number of thioether (sulfide) groups is 1. The van der Waals surface area contributed by atoms with Crippen LogP contribution in [0, 0.1) is 0 Å². The first-order valence-corrected chi connectivity index (χ1v) is 10.4. The molecule has 5 rings (SSSR count). The zero-order valence-corrected chi connectivity index (χ0v) is 16.1. The molecule has 0 amide bonds. The zero-order chi connectivity index (χ0) is 18.9. The molecule has 1 saturated heterocycles. The average molecular weight is 392 g/mol. The highest BCUT2D eigenvalue weighted by molar-refractivity contribution is 7.99. The molecule has 7 heteroatoms. The summed E-state index contributed by atoms with van der Waals surface area (Å²) in [6, 6.07) is 17.6. The van der Waals surface area contributed by atoms with Crippen molar-refractivity contribution >= 4 is 28.4 Å². The van der Waals surface area contributed by atoms with Crippen LogP contribution in [0.15, 0.2) is 64.5 Å². The van der Waals surface area contributed by atoms with Gasteiger partial charge < -0.3 is 4.74 Å². The van der Waals surface area contributed by atoms with Crippen molar-refractivity contribution < 1.29 is 4.74 Å². The van der Waals surface area contributed by atoms with Gasteiger partial charge in [0.15, 0.2) is 5.16 Å². The Morgan fingerprint density at radius 2 is 1.89 bits per heavy atom. The van der Waals surface area contributed by atoms with E-state index >= 15 is 0 Å². The summed E-state index contributed by atoms with van der Waals surface area (Å²) in [5.74, 6) is 1.41. The van der Waals surface area contributed by atoms with Crippen molar-refractivity contribution in [2.45, 2.75) is 30.6 Å². The van der Waals surface area contributed by atoms with Crippen LogP contribution in [-0.4, -0.2) is 37.6 Å². The monoisotopic (exact) mass is 392 g/mol. The summed E-state index contributed by atoms with van der Waals surface area (Å²) in [7, 11) is 0. The summed E-state index contributed by atoms with van der Waals surface area (Å²) in [5, 5.41) is 10.3. The van der Waals surface area contributed by atoms with Crippen molar-refractivity contribution in [3.63, 3.8) is 0 Å². The van der Waals surface area contributed by atoms with Gasteiger partial charge in [-0.05, 0) is 30.5 Å². The molecule has 1 unspecified atom stereocenters. The molecule has 0 spiro atoms. The maximum absolute atomic E-state index is 13.2. The lowest BCUT2D eigenvalue weighted by atomic mass is 10.2. The highest BCUT2D eigenvalue weighted by Crippen LogP contribution is 2.25. The summed E-state index contributed by atoms with van der Waals surface area (Å²) in [6.07, 6.45) is 2.47. The van der Waals surface area contributed by atoms with Crippen LogP contribution >= 0.6 is 11.8 Å². The standard InChI is InChI=1S/C21H20N4O2S/c26-19-17-10-4-5-11-18(17)25-20(24(19)13-15-7-2-1-3-8-15)22-23-21(25)28-14-16-9-6-12-27-16/h1-5,7-8,10-11,16H,6,9,12-14H2. The fourth-order valence-corrected chi connectivity index (χ4v) is 4.68. The number of ether oxygens (including phenoxy) is 1.